The Balaban J connectivity index is 2.80. The smallest absolute Gasteiger partial charge is 0.340 e. The summed E-state index contributed by atoms with van der Waals surface area (Å²) in [5.41, 5.74) is 1.61. The third kappa shape index (κ3) is 4.28. The second-order valence-electron chi connectivity index (χ2n) is 4.22. The van der Waals surface area contributed by atoms with E-state index in [1.807, 2.05) is 0 Å². The minimum absolute atomic E-state index is 0.316. The van der Waals surface area contributed by atoms with E-state index in [1.165, 1.54) is 7.11 Å². The molecule has 0 aliphatic carbocycles. The minimum atomic E-state index is -0.457. The van der Waals surface area contributed by atoms with Gasteiger partial charge in [-0.15, -0.1) is 0 Å². The van der Waals surface area contributed by atoms with Crippen molar-refractivity contribution in [2.45, 2.75) is 26.7 Å². The number of amides is 2. The van der Waals surface area contributed by atoms with E-state index in [0.717, 1.165) is 18.4 Å². The quantitative estimate of drug-likeness (QED) is 0.634. The van der Waals surface area contributed by atoms with Crippen molar-refractivity contribution in [1.82, 2.24) is 5.32 Å². The third-order valence-electron chi connectivity index (χ3n) is 2.73. The number of nitrogens with one attached hydrogen (secondary N) is 2. The molecule has 0 aromatic heterocycles. The van der Waals surface area contributed by atoms with Crippen LogP contribution in [-0.4, -0.2) is 25.7 Å². The first-order valence-electron chi connectivity index (χ1n) is 6.33. The van der Waals surface area contributed by atoms with Crippen LogP contribution in [0.4, 0.5) is 10.5 Å². The van der Waals surface area contributed by atoms with Crippen LogP contribution in [-0.2, 0) is 4.74 Å². The number of ether oxygens (including phenoxy) is 1. The molecule has 0 bridgehead atoms. The highest BCUT2D eigenvalue weighted by molar-refractivity contribution is 6.01. The number of carbonyl (C=O) groups is 2. The number of benzene rings is 1. The Morgan fingerprint density at radius 2 is 2.05 bits per heavy atom. The summed E-state index contributed by atoms with van der Waals surface area (Å²) in [5.74, 6) is -0.457. The zero-order valence-corrected chi connectivity index (χ0v) is 11.6. The predicted octanol–water partition coefficient (Wildman–Crippen LogP) is 2.70. The van der Waals surface area contributed by atoms with Gasteiger partial charge in [0, 0.05) is 6.54 Å². The lowest BCUT2D eigenvalue weighted by molar-refractivity contribution is 0.0601. The molecule has 0 saturated carbocycles. The molecule has 0 radical (unpaired) electrons. The number of unbranched alkanes of at least 4 members (excludes halogenated alkanes) is 1. The third-order valence-corrected chi connectivity index (χ3v) is 2.73. The minimum Gasteiger partial charge on any atom is -0.465 e. The molecule has 2 N–H and O–H groups in total. The molecule has 0 aliphatic heterocycles. The molecular formula is C14H20N2O3. The van der Waals surface area contributed by atoms with Gasteiger partial charge in [0.2, 0.25) is 0 Å². The van der Waals surface area contributed by atoms with Crippen LogP contribution < -0.4 is 10.6 Å². The maximum atomic E-state index is 11.7. The van der Waals surface area contributed by atoms with Gasteiger partial charge in [0.1, 0.15) is 0 Å². The van der Waals surface area contributed by atoms with Gasteiger partial charge in [-0.2, -0.15) is 0 Å². The van der Waals surface area contributed by atoms with Crippen molar-refractivity contribution >= 4 is 17.7 Å². The average Bonchev–Trinajstić information content (AvgIpc) is 2.38. The monoisotopic (exact) mass is 264 g/mol. The van der Waals surface area contributed by atoms with Crippen molar-refractivity contribution in [3.05, 3.63) is 29.3 Å². The zero-order valence-electron chi connectivity index (χ0n) is 11.6. The van der Waals surface area contributed by atoms with E-state index in [2.05, 4.69) is 17.6 Å². The van der Waals surface area contributed by atoms with Gasteiger partial charge in [0.15, 0.2) is 0 Å². The van der Waals surface area contributed by atoms with Crippen molar-refractivity contribution in [2.75, 3.05) is 19.0 Å². The first kappa shape index (κ1) is 15.0. The van der Waals surface area contributed by atoms with E-state index in [0.29, 0.717) is 17.8 Å². The van der Waals surface area contributed by atoms with Crippen molar-refractivity contribution in [2.24, 2.45) is 0 Å². The molecule has 0 spiro atoms. The molecule has 0 heterocycles. The van der Waals surface area contributed by atoms with E-state index in [-0.39, 0.29) is 6.03 Å². The highest BCUT2D eigenvalue weighted by Gasteiger charge is 2.15. The summed E-state index contributed by atoms with van der Waals surface area (Å²) in [6, 6.07) is 4.94. The van der Waals surface area contributed by atoms with Crippen LogP contribution >= 0.6 is 0 Å². The van der Waals surface area contributed by atoms with Gasteiger partial charge in [-0.1, -0.05) is 25.5 Å². The molecule has 1 rings (SSSR count). The lowest BCUT2D eigenvalue weighted by atomic mass is 10.1. The summed E-state index contributed by atoms with van der Waals surface area (Å²) in [6.07, 6.45) is 1.93. The van der Waals surface area contributed by atoms with Crippen LogP contribution in [0.15, 0.2) is 18.2 Å². The molecule has 0 saturated heterocycles. The topological polar surface area (TPSA) is 67.4 Å². The highest BCUT2D eigenvalue weighted by Crippen LogP contribution is 2.20. The number of anilines is 1. The normalized spacial score (nSPS) is 9.84. The number of esters is 1. The maximum absolute atomic E-state index is 11.7. The molecule has 2 amide bonds. The predicted molar refractivity (Wildman–Crippen MR) is 74.4 cm³/mol. The van der Waals surface area contributed by atoms with Crippen LogP contribution in [0.1, 0.15) is 35.7 Å². The Morgan fingerprint density at radius 1 is 1.32 bits per heavy atom. The summed E-state index contributed by atoms with van der Waals surface area (Å²) in [5, 5.41) is 5.41. The summed E-state index contributed by atoms with van der Waals surface area (Å²) >= 11 is 0. The lowest BCUT2D eigenvalue weighted by Gasteiger charge is -2.12. The Bertz CT molecular complexity index is 458. The van der Waals surface area contributed by atoms with Crippen molar-refractivity contribution in [3.8, 4) is 0 Å². The number of carbonyl (C=O) groups excluding carboxylic acids is 2. The van der Waals surface area contributed by atoms with Gasteiger partial charge in [-0.05, 0) is 25.0 Å². The molecule has 1 aromatic carbocycles. The van der Waals surface area contributed by atoms with Crippen LogP contribution in [0.25, 0.3) is 0 Å². The van der Waals surface area contributed by atoms with Gasteiger partial charge in [0.25, 0.3) is 0 Å². The molecule has 0 atom stereocenters. The van der Waals surface area contributed by atoms with Gasteiger partial charge in [-0.25, -0.2) is 9.59 Å². The number of rotatable bonds is 5. The fourth-order valence-electron chi connectivity index (χ4n) is 1.69. The summed E-state index contributed by atoms with van der Waals surface area (Å²) in [4.78, 5) is 23.4. The van der Waals surface area contributed by atoms with Crippen molar-refractivity contribution < 1.29 is 14.3 Å². The van der Waals surface area contributed by atoms with Crippen molar-refractivity contribution in [1.29, 1.82) is 0 Å². The zero-order chi connectivity index (χ0) is 14.3. The molecular weight excluding hydrogens is 244 g/mol. The maximum Gasteiger partial charge on any atom is 0.340 e. The number of aryl methyl sites for hydroxylation is 1. The van der Waals surface area contributed by atoms with Gasteiger partial charge >= 0.3 is 12.0 Å². The summed E-state index contributed by atoms with van der Waals surface area (Å²) in [6.45, 7) is 4.46. The van der Waals surface area contributed by atoms with Crippen LogP contribution in [0, 0.1) is 6.92 Å². The van der Waals surface area contributed by atoms with E-state index >= 15 is 0 Å². The van der Waals surface area contributed by atoms with Crippen LogP contribution in [0.3, 0.4) is 0 Å². The Hall–Kier alpha value is -2.04. The summed E-state index contributed by atoms with van der Waals surface area (Å²) in [7, 11) is 1.32. The van der Waals surface area contributed by atoms with Crippen LogP contribution in [0.5, 0.6) is 0 Å². The van der Waals surface area contributed by atoms with Gasteiger partial charge < -0.3 is 15.4 Å². The molecule has 1 aromatic rings. The first-order chi connectivity index (χ1) is 9.10. The lowest BCUT2D eigenvalue weighted by Crippen LogP contribution is -2.30. The average molecular weight is 264 g/mol. The molecule has 5 heteroatoms. The van der Waals surface area contributed by atoms with E-state index < -0.39 is 5.97 Å². The molecule has 0 fully saturated rings. The van der Waals surface area contributed by atoms with E-state index in [4.69, 9.17) is 4.74 Å². The van der Waals surface area contributed by atoms with Gasteiger partial charge in [0.05, 0.1) is 18.4 Å². The Morgan fingerprint density at radius 3 is 2.68 bits per heavy atom. The molecule has 0 unspecified atom stereocenters. The fraction of sp³-hybridized carbons (Fsp3) is 0.429. The van der Waals surface area contributed by atoms with Gasteiger partial charge in [-0.3, -0.25) is 0 Å². The highest BCUT2D eigenvalue weighted by atomic mass is 16.5. The second kappa shape index (κ2) is 7.41. The first-order valence-corrected chi connectivity index (χ1v) is 6.33. The molecule has 104 valence electrons. The van der Waals surface area contributed by atoms with E-state index in [1.54, 1.807) is 25.1 Å². The number of urea groups is 1. The van der Waals surface area contributed by atoms with E-state index in [9.17, 15) is 9.59 Å². The Labute approximate surface area is 113 Å². The van der Waals surface area contributed by atoms with Crippen LogP contribution in [0.2, 0.25) is 0 Å². The SMILES string of the molecule is CCCCNC(=O)Nc1cccc(C)c1C(=O)OC. The Kier molecular flexibility index (Phi) is 5.85. The molecule has 5 nitrogen and oxygen atoms in total. The largest absolute Gasteiger partial charge is 0.465 e. The standard InChI is InChI=1S/C14H20N2O3/c1-4-5-9-15-14(18)16-11-8-6-7-10(2)12(11)13(17)19-3/h6-8H,4-5,9H2,1-3H3,(H2,15,16,18). The van der Waals surface area contributed by atoms with Crippen molar-refractivity contribution in [3.63, 3.8) is 0 Å². The fourth-order valence-corrected chi connectivity index (χ4v) is 1.69. The summed E-state index contributed by atoms with van der Waals surface area (Å²) < 4.78 is 4.73. The number of methoxy groups -OCH3 is 1. The number of hydrogen-bond acceptors (Lipinski definition) is 3. The number of hydrogen-bond donors (Lipinski definition) is 2. The molecule has 19 heavy (non-hydrogen) atoms. The molecule has 0 aliphatic rings. The second-order valence-corrected chi connectivity index (χ2v) is 4.22.